The van der Waals surface area contributed by atoms with Crippen molar-refractivity contribution in [2.24, 2.45) is 5.41 Å². The molecule has 0 N–H and O–H groups in total. The molecule has 1 atom stereocenters. The SMILES string of the molecule is CCC1CCCCN1CC1(CS)CCCCC1. The van der Waals surface area contributed by atoms with Gasteiger partial charge in [0.15, 0.2) is 0 Å². The van der Waals surface area contributed by atoms with Gasteiger partial charge in [0.05, 0.1) is 0 Å². The summed E-state index contributed by atoms with van der Waals surface area (Å²) in [5.74, 6) is 1.10. The van der Waals surface area contributed by atoms with Crippen LogP contribution in [0.3, 0.4) is 0 Å². The molecule has 1 saturated heterocycles. The zero-order valence-corrected chi connectivity index (χ0v) is 12.4. The average Bonchev–Trinajstić information content (AvgIpc) is 2.40. The van der Waals surface area contributed by atoms with Gasteiger partial charge in [0.2, 0.25) is 0 Å². The Morgan fingerprint density at radius 1 is 1.12 bits per heavy atom. The van der Waals surface area contributed by atoms with Gasteiger partial charge in [-0.1, -0.05) is 32.6 Å². The molecule has 1 aliphatic heterocycles. The predicted octanol–water partition coefficient (Wildman–Crippen LogP) is 4.13. The van der Waals surface area contributed by atoms with Crippen molar-refractivity contribution in [1.82, 2.24) is 4.90 Å². The van der Waals surface area contributed by atoms with E-state index in [0.29, 0.717) is 5.41 Å². The van der Waals surface area contributed by atoms with E-state index < -0.39 is 0 Å². The molecule has 2 heteroatoms. The maximum absolute atomic E-state index is 4.68. The lowest BCUT2D eigenvalue weighted by molar-refractivity contribution is 0.0675. The van der Waals surface area contributed by atoms with Crippen LogP contribution in [0.5, 0.6) is 0 Å². The van der Waals surface area contributed by atoms with Crippen LogP contribution in [0, 0.1) is 5.41 Å². The third-order valence-corrected chi connectivity index (χ3v) is 5.68. The standard InChI is InChI=1S/C15H29NS/c1-2-14-8-4-7-11-16(14)12-15(13-17)9-5-3-6-10-15/h14,17H,2-13H2,1H3. The highest BCUT2D eigenvalue weighted by atomic mass is 32.1. The number of nitrogens with zero attached hydrogens (tertiary/aromatic N) is 1. The van der Waals surface area contributed by atoms with E-state index in [0.717, 1.165) is 11.8 Å². The maximum Gasteiger partial charge on any atom is 0.00928 e. The monoisotopic (exact) mass is 255 g/mol. The van der Waals surface area contributed by atoms with Gasteiger partial charge >= 0.3 is 0 Å². The van der Waals surface area contributed by atoms with Crippen molar-refractivity contribution in [2.45, 2.75) is 70.8 Å². The number of hydrogen-bond acceptors (Lipinski definition) is 2. The van der Waals surface area contributed by atoms with Gasteiger partial charge in [0, 0.05) is 12.6 Å². The Morgan fingerprint density at radius 3 is 2.53 bits per heavy atom. The average molecular weight is 255 g/mol. The van der Waals surface area contributed by atoms with Crippen molar-refractivity contribution in [3.8, 4) is 0 Å². The molecule has 2 fully saturated rings. The van der Waals surface area contributed by atoms with Gasteiger partial charge in [-0.2, -0.15) is 12.6 Å². The van der Waals surface area contributed by atoms with Crippen LogP contribution in [0.1, 0.15) is 64.7 Å². The first kappa shape index (κ1) is 13.7. The lowest BCUT2D eigenvalue weighted by Crippen LogP contribution is -2.47. The minimum atomic E-state index is 0.548. The number of rotatable bonds is 4. The number of likely N-dealkylation sites (tertiary alicyclic amines) is 1. The topological polar surface area (TPSA) is 3.24 Å². The number of piperidine rings is 1. The van der Waals surface area contributed by atoms with E-state index in [1.807, 2.05) is 0 Å². The largest absolute Gasteiger partial charge is 0.300 e. The van der Waals surface area contributed by atoms with Crippen LogP contribution in [0.4, 0.5) is 0 Å². The summed E-state index contributed by atoms with van der Waals surface area (Å²) in [6.07, 6.45) is 12.8. The molecule has 2 aliphatic rings. The summed E-state index contributed by atoms with van der Waals surface area (Å²) >= 11 is 4.68. The molecule has 1 saturated carbocycles. The zero-order valence-electron chi connectivity index (χ0n) is 11.5. The molecule has 0 spiro atoms. The summed E-state index contributed by atoms with van der Waals surface area (Å²) in [6, 6.07) is 0.863. The molecular formula is C15H29NS. The molecule has 2 rings (SSSR count). The highest BCUT2D eigenvalue weighted by Gasteiger charge is 2.34. The number of hydrogen-bond donors (Lipinski definition) is 1. The van der Waals surface area contributed by atoms with Crippen molar-refractivity contribution in [1.29, 1.82) is 0 Å². The highest BCUT2D eigenvalue weighted by Crippen LogP contribution is 2.39. The minimum Gasteiger partial charge on any atom is -0.300 e. The van der Waals surface area contributed by atoms with Crippen LogP contribution >= 0.6 is 12.6 Å². The highest BCUT2D eigenvalue weighted by molar-refractivity contribution is 7.80. The fraction of sp³-hybridized carbons (Fsp3) is 1.00. The molecule has 1 nitrogen and oxygen atoms in total. The first-order valence-corrected chi connectivity index (χ1v) is 8.28. The molecule has 1 heterocycles. The quantitative estimate of drug-likeness (QED) is 0.739. The molecular weight excluding hydrogens is 226 g/mol. The maximum atomic E-state index is 4.68. The summed E-state index contributed by atoms with van der Waals surface area (Å²) < 4.78 is 0. The van der Waals surface area contributed by atoms with E-state index in [1.165, 1.54) is 70.9 Å². The molecule has 0 amide bonds. The van der Waals surface area contributed by atoms with E-state index in [9.17, 15) is 0 Å². The van der Waals surface area contributed by atoms with Gasteiger partial charge in [-0.3, -0.25) is 4.90 Å². The molecule has 1 aliphatic carbocycles. The van der Waals surface area contributed by atoms with E-state index in [1.54, 1.807) is 0 Å². The van der Waals surface area contributed by atoms with Crippen LogP contribution in [0.15, 0.2) is 0 Å². The van der Waals surface area contributed by atoms with Gasteiger partial charge < -0.3 is 0 Å². The molecule has 0 aromatic rings. The third-order valence-electron chi connectivity index (χ3n) is 5.01. The summed E-state index contributed by atoms with van der Waals surface area (Å²) in [7, 11) is 0. The molecule has 0 bridgehead atoms. The minimum absolute atomic E-state index is 0.548. The van der Waals surface area contributed by atoms with Crippen LogP contribution in [-0.4, -0.2) is 29.8 Å². The smallest absolute Gasteiger partial charge is 0.00928 e. The van der Waals surface area contributed by atoms with E-state index in [-0.39, 0.29) is 0 Å². The van der Waals surface area contributed by atoms with Crippen molar-refractivity contribution >= 4 is 12.6 Å². The lowest BCUT2D eigenvalue weighted by Gasteiger charge is -2.44. The molecule has 17 heavy (non-hydrogen) atoms. The third kappa shape index (κ3) is 3.41. The predicted molar refractivity (Wildman–Crippen MR) is 78.9 cm³/mol. The fourth-order valence-electron chi connectivity index (χ4n) is 3.83. The second-order valence-electron chi connectivity index (χ2n) is 6.25. The molecule has 0 aromatic carbocycles. The second kappa shape index (κ2) is 6.47. The van der Waals surface area contributed by atoms with Crippen LogP contribution < -0.4 is 0 Å². The number of thiol groups is 1. The zero-order chi connectivity index (χ0) is 12.1. The molecule has 0 radical (unpaired) electrons. The van der Waals surface area contributed by atoms with Gasteiger partial charge in [-0.25, -0.2) is 0 Å². The molecule has 0 aromatic heterocycles. The van der Waals surface area contributed by atoms with Crippen molar-refractivity contribution in [3.63, 3.8) is 0 Å². The van der Waals surface area contributed by atoms with Gasteiger partial charge in [-0.15, -0.1) is 0 Å². The Morgan fingerprint density at radius 2 is 1.88 bits per heavy atom. The molecule has 1 unspecified atom stereocenters. The Bertz CT molecular complexity index is 223. The summed E-state index contributed by atoms with van der Waals surface area (Å²) in [5.41, 5.74) is 0.548. The van der Waals surface area contributed by atoms with Crippen LogP contribution in [0.2, 0.25) is 0 Å². The Labute approximate surface area is 113 Å². The molecule has 100 valence electrons. The summed E-state index contributed by atoms with van der Waals surface area (Å²) in [6.45, 7) is 5.03. The summed E-state index contributed by atoms with van der Waals surface area (Å²) in [5, 5.41) is 0. The Balaban J connectivity index is 1.96. The van der Waals surface area contributed by atoms with Crippen molar-refractivity contribution in [3.05, 3.63) is 0 Å². The Kier molecular flexibility index (Phi) is 5.23. The van der Waals surface area contributed by atoms with E-state index in [4.69, 9.17) is 0 Å². The summed E-state index contributed by atoms with van der Waals surface area (Å²) in [4.78, 5) is 2.80. The van der Waals surface area contributed by atoms with Gasteiger partial charge in [0.25, 0.3) is 0 Å². The first-order chi connectivity index (χ1) is 8.29. The fourth-order valence-corrected chi connectivity index (χ4v) is 4.25. The van der Waals surface area contributed by atoms with Crippen molar-refractivity contribution < 1.29 is 0 Å². The van der Waals surface area contributed by atoms with Crippen molar-refractivity contribution in [2.75, 3.05) is 18.8 Å². The van der Waals surface area contributed by atoms with Gasteiger partial charge in [-0.05, 0) is 49.8 Å². The van der Waals surface area contributed by atoms with Gasteiger partial charge in [0.1, 0.15) is 0 Å². The Hall–Kier alpha value is 0.310. The first-order valence-electron chi connectivity index (χ1n) is 7.64. The van der Waals surface area contributed by atoms with Crippen LogP contribution in [0.25, 0.3) is 0 Å². The lowest BCUT2D eigenvalue weighted by atomic mass is 9.74. The van der Waals surface area contributed by atoms with E-state index >= 15 is 0 Å². The van der Waals surface area contributed by atoms with E-state index in [2.05, 4.69) is 24.5 Å². The second-order valence-corrected chi connectivity index (χ2v) is 6.56. The normalized spacial score (nSPS) is 30.4. The van der Waals surface area contributed by atoms with Crippen LogP contribution in [-0.2, 0) is 0 Å².